The quantitative estimate of drug-likeness (QED) is 0.415. The van der Waals surface area contributed by atoms with Crippen LogP contribution in [0, 0.1) is 0 Å². The second-order valence-corrected chi connectivity index (χ2v) is 2.94. The first-order chi connectivity index (χ1) is 5.77. The first-order valence-corrected chi connectivity index (χ1v) is 3.62. The number of carbonyl (C=O) groups excluding carboxylic acids is 2. The van der Waals surface area contributed by atoms with Crippen LogP contribution in [-0.4, -0.2) is 11.9 Å². The van der Waals surface area contributed by atoms with Gasteiger partial charge in [0.25, 0.3) is 0 Å². The second kappa shape index (κ2) is 1.60. The molecule has 2 aliphatic heterocycles. The van der Waals surface area contributed by atoms with Gasteiger partial charge in [-0.2, -0.15) is 0 Å². The molecule has 2 bridgehead atoms. The molecular formula is C8H4O4. The Labute approximate surface area is 67.1 Å². The molecule has 4 nitrogen and oxygen atoms in total. The van der Waals surface area contributed by atoms with Crippen LogP contribution in [-0.2, 0) is 14.3 Å². The number of carbonyl (C=O) groups is 2. The molecular weight excluding hydrogens is 160 g/mol. The summed E-state index contributed by atoms with van der Waals surface area (Å²) in [5.74, 6) is -0.856. The molecule has 4 heteroatoms. The predicted molar refractivity (Wildman–Crippen MR) is 35.3 cm³/mol. The summed E-state index contributed by atoms with van der Waals surface area (Å²) in [5.41, 5.74) is 0. The zero-order chi connectivity index (χ0) is 8.29. The fraction of sp³-hybridized carbons (Fsp3) is 0.250. The molecule has 1 saturated heterocycles. The van der Waals surface area contributed by atoms with Crippen LogP contribution < -0.4 is 0 Å². The van der Waals surface area contributed by atoms with E-state index in [1.54, 1.807) is 12.1 Å². The van der Waals surface area contributed by atoms with Gasteiger partial charge in [-0.15, -0.1) is 0 Å². The smallest absolute Gasteiger partial charge is 0.325 e. The van der Waals surface area contributed by atoms with Crippen molar-refractivity contribution >= 4 is 11.9 Å². The molecule has 0 spiro atoms. The third-order valence-corrected chi connectivity index (χ3v) is 2.30. The monoisotopic (exact) mass is 164 g/mol. The summed E-state index contributed by atoms with van der Waals surface area (Å²) in [5, 5.41) is 0. The first kappa shape index (κ1) is 5.99. The molecule has 3 heterocycles. The Hall–Kier alpha value is -1.58. The Balaban J connectivity index is 2.22. The molecule has 0 N–H and O–H groups in total. The van der Waals surface area contributed by atoms with Gasteiger partial charge < -0.3 is 9.15 Å². The molecule has 0 amide bonds. The van der Waals surface area contributed by atoms with E-state index in [1.165, 1.54) is 0 Å². The van der Waals surface area contributed by atoms with Crippen molar-refractivity contribution in [2.75, 3.05) is 0 Å². The number of ether oxygens (including phenoxy) is 1. The Morgan fingerprint density at radius 3 is 2.00 bits per heavy atom. The van der Waals surface area contributed by atoms with Gasteiger partial charge in [0.1, 0.15) is 23.4 Å². The van der Waals surface area contributed by atoms with E-state index in [0.717, 1.165) is 0 Å². The average molecular weight is 164 g/mol. The van der Waals surface area contributed by atoms with Gasteiger partial charge in [0.05, 0.1) is 0 Å². The van der Waals surface area contributed by atoms with Crippen molar-refractivity contribution in [2.24, 2.45) is 0 Å². The van der Waals surface area contributed by atoms with Crippen molar-refractivity contribution in [3.05, 3.63) is 23.7 Å². The lowest BCUT2D eigenvalue weighted by atomic mass is 9.90. The van der Waals surface area contributed by atoms with Gasteiger partial charge in [-0.25, -0.2) is 0 Å². The Morgan fingerprint density at radius 2 is 1.50 bits per heavy atom. The van der Waals surface area contributed by atoms with Crippen LogP contribution in [0.25, 0.3) is 0 Å². The fourth-order valence-corrected chi connectivity index (χ4v) is 1.76. The van der Waals surface area contributed by atoms with Gasteiger partial charge in [-0.3, -0.25) is 9.59 Å². The lowest BCUT2D eigenvalue weighted by Gasteiger charge is -2.00. The second-order valence-electron chi connectivity index (χ2n) is 2.94. The van der Waals surface area contributed by atoms with E-state index in [0.29, 0.717) is 11.5 Å². The Kier molecular flexibility index (Phi) is 0.800. The summed E-state index contributed by atoms with van der Waals surface area (Å²) in [6.45, 7) is 0. The number of fused-ring (bicyclic) bond motifs is 5. The van der Waals surface area contributed by atoms with Crippen molar-refractivity contribution in [3.8, 4) is 0 Å². The third-order valence-electron chi connectivity index (χ3n) is 2.30. The standard InChI is InChI=1S/C8H4O4/c9-7-5-3-1-2-4(11-3)6(5)8(10)12-7/h1-2,5-6H. The number of furan rings is 1. The van der Waals surface area contributed by atoms with Crippen molar-refractivity contribution in [1.82, 2.24) is 0 Å². The van der Waals surface area contributed by atoms with E-state index >= 15 is 0 Å². The van der Waals surface area contributed by atoms with E-state index in [1.807, 2.05) is 0 Å². The molecule has 2 unspecified atom stereocenters. The number of cyclic esters (lactones) is 2. The molecule has 2 atom stereocenters. The lowest BCUT2D eigenvalue weighted by Crippen LogP contribution is -2.09. The fourth-order valence-electron chi connectivity index (χ4n) is 1.76. The maximum Gasteiger partial charge on any atom is 0.325 e. The van der Waals surface area contributed by atoms with Crippen molar-refractivity contribution in [3.63, 3.8) is 0 Å². The maximum absolute atomic E-state index is 11.1. The maximum atomic E-state index is 11.1. The normalized spacial score (nSPS) is 30.7. The minimum absolute atomic E-state index is 0.487. The van der Waals surface area contributed by atoms with Gasteiger partial charge in [0.15, 0.2) is 0 Å². The SMILES string of the molecule is O=C1OC(=O)C2c3ccc(o3)C12. The molecule has 60 valence electrons. The van der Waals surface area contributed by atoms with Gasteiger partial charge in [0.2, 0.25) is 0 Å². The number of hydrogen-bond donors (Lipinski definition) is 0. The Bertz CT molecular complexity index is 355. The van der Waals surface area contributed by atoms with Crippen LogP contribution in [0.5, 0.6) is 0 Å². The van der Waals surface area contributed by atoms with Gasteiger partial charge in [-0.1, -0.05) is 0 Å². The van der Waals surface area contributed by atoms with Crippen LogP contribution in [0.4, 0.5) is 0 Å². The lowest BCUT2D eigenvalue weighted by molar-refractivity contribution is -0.153. The highest BCUT2D eigenvalue weighted by Gasteiger charge is 2.53. The van der Waals surface area contributed by atoms with Crippen LogP contribution in [0.1, 0.15) is 23.4 Å². The van der Waals surface area contributed by atoms with E-state index in [9.17, 15) is 9.59 Å². The van der Waals surface area contributed by atoms with E-state index in [4.69, 9.17) is 4.42 Å². The first-order valence-electron chi connectivity index (χ1n) is 3.62. The molecule has 0 saturated carbocycles. The number of rotatable bonds is 0. The minimum atomic E-state index is -0.488. The molecule has 3 rings (SSSR count). The predicted octanol–water partition coefficient (Wildman–Crippen LogP) is 0.544. The summed E-state index contributed by atoms with van der Waals surface area (Å²) < 4.78 is 9.65. The summed E-state index contributed by atoms with van der Waals surface area (Å²) in [7, 11) is 0. The molecule has 0 aliphatic carbocycles. The number of esters is 2. The van der Waals surface area contributed by atoms with Crippen LogP contribution >= 0.6 is 0 Å². The number of hydrogen-bond acceptors (Lipinski definition) is 4. The minimum Gasteiger partial charge on any atom is -0.464 e. The molecule has 0 radical (unpaired) electrons. The summed E-state index contributed by atoms with van der Waals surface area (Å²) in [6.07, 6.45) is 0. The highest BCUT2D eigenvalue weighted by Crippen LogP contribution is 2.47. The van der Waals surface area contributed by atoms with Crippen molar-refractivity contribution < 1.29 is 18.7 Å². The summed E-state index contributed by atoms with van der Waals surface area (Å²) in [6, 6.07) is 3.41. The van der Waals surface area contributed by atoms with Gasteiger partial charge in [-0.05, 0) is 12.1 Å². The van der Waals surface area contributed by atoms with E-state index < -0.39 is 23.8 Å². The molecule has 0 aromatic carbocycles. The van der Waals surface area contributed by atoms with Gasteiger partial charge in [0, 0.05) is 0 Å². The average Bonchev–Trinajstić information content (AvgIpc) is 2.64. The highest BCUT2D eigenvalue weighted by molar-refractivity contribution is 6.02. The molecule has 12 heavy (non-hydrogen) atoms. The Morgan fingerprint density at radius 1 is 1.00 bits per heavy atom. The summed E-state index contributed by atoms with van der Waals surface area (Å²) >= 11 is 0. The van der Waals surface area contributed by atoms with Crippen molar-refractivity contribution in [2.45, 2.75) is 11.8 Å². The van der Waals surface area contributed by atoms with Gasteiger partial charge >= 0.3 is 11.9 Å². The summed E-state index contributed by atoms with van der Waals surface area (Å²) in [4.78, 5) is 22.1. The zero-order valence-electron chi connectivity index (χ0n) is 5.94. The van der Waals surface area contributed by atoms with E-state index in [2.05, 4.69) is 4.74 Å². The molecule has 1 aromatic heterocycles. The van der Waals surface area contributed by atoms with Crippen LogP contribution in [0.2, 0.25) is 0 Å². The molecule has 1 fully saturated rings. The van der Waals surface area contributed by atoms with E-state index in [-0.39, 0.29) is 0 Å². The third kappa shape index (κ3) is 0.470. The van der Waals surface area contributed by atoms with Crippen molar-refractivity contribution in [1.29, 1.82) is 0 Å². The topological polar surface area (TPSA) is 56.5 Å². The van der Waals surface area contributed by atoms with Crippen LogP contribution in [0.15, 0.2) is 16.5 Å². The molecule has 1 aromatic rings. The zero-order valence-corrected chi connectivity index (χ0v) is 5.94. The van der Waals surface area contributed by atoms with Crippen LogP contribution in [0.3, 0.4) is 0 Å². The highest BCUT2D eigenvalue weighted by atomic mass is 16.6. The molecule has 2 aliphatic rings. The largest absolute Gasteiger partial charge is 0.464 e.